The zero-order valence-electron chi connectivity index (χ0n) is 14.8. The third-order valence-corrected chi connectivity index (χ3v) is 4.19. The topological polar surface area (TPSA) is 77.3 Å². The van der Waals surface area contributed by atoms with Gasteiger partial charge in [-0.05, 0) is 18.1 Å². The predicted octanol–water partition coefficient (Wildman–Crippen LogP) is 3.40. The summed E-state index contributed by atoms with van der Waals surface area (Å²) in [5.41, 5.74) is 0.510. The molecule has 0 saturated heterocycles. The van der Waals surface area contributed by atoms with Gasteiger partial charge in [0.2, 0.25) is 0 Å². The van der Waals surface area contributed by atoms with E-state index in [4.69, 9.17) is 0 Å². The Labute approximate surface area is 159 Å². The van der Waals surface area contributed by atoms with Crippen LogP contribution in [0.2, 0.25) is 0 Å². The molecule has 2 aromatic carbocycles. The van der Waals surface area contributed by atoms with E-state index in [1.807, 2.05) is 24.5 Å². The second-order valence-corrected chi connectivity index (χ2v) is 6.30. The van der Waals surface area contributed by atoms with Gasteiger partial charge in [-0.2, -0.15) is 28.4 Å². The van der Waals surface area contributed by atoms with Gasteiger partial charge in [-0.1, -0.05) is 60.2 Å². The molecule has 0 aromatic heterocycles. The molecule has 9 heteroatoms. The van der Waals surface area contributed by atoms with Crippen LogP contribution in [-0.2, 0) is 0 Å². The number of nitrogens with zero attached hydrogens (tertiary/aromatic N) is 3. The monoisotopic (exact) mass is 390 g/mol. The van der Waals surface area contributed by atoms with Gasteiger partial charge in [-0.25, -0.2) is 10.2 Å². The highest BCUT2D eigenvalue weighted by molar-refractivity contribution is 6.03. The van der Waals surface area contributed by atoms with Crippen LogP contribution in [0, 0.1) is 6.92 Å². The Morgan fingerprint density at radius 3 is 2.46 bits per heavy atom. The van der Waals surface area contributed by atoms with E-state index in [9.17, 15) is 23.1 Å². The van der Waals surface area contributed by atoms with Crippen molar-refractivity contribution < 1.29 is 23.1 Å². The van der Waals surface area contributed by atoms with Gasteiger partial charge >= 0.3 is 12.2 Å². The van der Waals surface area contributed by atoms with Gasteiger partial charge < -0.3 is 5.11 Å². The summed E-state index contributed by atoms with van der Waals surface area (Å²) in [6.45, 7) is 1.90. The molecule has 2 amide bonds. The lowest BCUT2D eigenvalue weighted by molar-refractivity contribution is -0.297. The Kier molecular flexibility index (Phi) is 5.19. The van der Waals surface area contributed by atoms with Crippen molar-refractivity contribution in [1.29, 1.82) is 0 Å². The van der Waals surface area contributed by atoms with Crippen molar-refractivity contribution in [3.63, 3.8) is 0 Å². The van der Waals surface area contributed by atoms with Crippen LogP contribution in [-0.4, -0.2) is 40.0 Å². The maximum Gasteiger partial charge on any atom is 0.438 e. The van der Waals surface area contributed by atoms with Crippen LogP contribution in [0.5, 0.6) is 0 Å². The maximum atomic E-state index is 13.5. The molecule has 1 atom stereocenters. The second-order valence-electron chi connectivity index (χ2n) is 6.30. The van der Waals surface area contributed by atoms with Gasteiger partial charge in [0, 0.05) is 0 Å². The standard InChI is InChI=1S/C19H17F3N4O2/c1-13-7-9-14(10-8-13)12-23-24-17(27)26-18(28,19(20,21)22)11-16(25-26)15-5-3-2-4-6-15/h2-10,12,28H,11H2,1H3,(H,24,27)/b23-12+. The number of hydrazone groups is 2. The van der Waals surface area contributed by atoms with Crippen molar-refractivity contribution in [3.8, 4) is 0 Å². The number of alkyl halides is 3. The van der Waals surface area contributed by atoms with Crippen LogP contribution in [0.1, 0.15) is 23.1 Å². The first-order valence-corrected chi connectivity index (χ1v) is 8.33. The Morgan fingerprint density at radius 2 is 1.86 bits per heavy atom. The van der Waals surface area contributed by atoms with Crippen molar-refractivity contribution in [3.05, 3.63) is 71.3 Å². The van der Waals surface area contributed by atoms with Crippen molar-refractivity contribution in [2.75, 3.05) is 0 Å². The van der Waals surface area contributed by atoms with Crippen LogP contribution in [0.25, 0.3) is 0 Å². The summed E-state index contributed by atoms with van der Waals surface area (Å²) in [6.07, 6.45) is -4.71. The minimum Gasteiger partial charge on any atom is -0.362 e. The van der Waals surface area contributed by atoms with E-state index < -0.39 is 24.4 Å². The minimum absolute atomic E-state index is 0.0121. The zero-order chi connectivity index (χ0) is 20.4. The molecular weight excluding hydrogens is 373 g/mol. The lowest BCUT2D eigenvalue weighted by atomic mass is 10.0. The van der Waals surface area contributed by atoms with Crippen molar-refractivity contribution in [1.82, 2.24) is 10.4 Å². The molecule has 0 radical (unpaired) electrons. The molecule has 0 bridgehead atoms. The number of halogens is 3. The van der Waals surface area contributed by atoms with E-state index in [1.54, 1.807) is 42.5 Å². The Balaban J connectivity index is 1.82. The number of amides is 2. The first kappa shape index (κ1) is 19.6. The number of hydrogen-bond donors (Lipinski definition) is 2. The molecule has 0 saturated carbocycles. The Morgan fingerprint density at radius 1 is 1.21 bits per heavy atom. The average molecular weight is 390 g/mol. The quantitative estimate of drug-likeness (QED) is 0.623. The molecular formula is C19H17F3N4O2. The molecule has 2 N–H and O–H groups in total. The van der Waals surface area contributed by atoms with Crippen molar-refractivity contribution >= 4 is 18.0 Å². The van der Waals surface area contributed by atoms with Crippen LogP contribution >= 0.6 is 0 Å². The average Bonchev–Trinajstić information content (AvgIpc) is 3.03. The summed E-state index contributed by atoms with van der Waals surface area (Å²) in [4.78, 5) is 12.3. The fourth-order valence-electron chi connectivity index (χ4n) is 2.63. The van der Waals surface area contributed by atoms with Crippen molar-refractivity contribution in [2.24, 2.45) is 10.2 Å². The lowest BCUT2D eigenvalue weighted by Crippen LogP contribution is -2.58. The number of benzene rings is 2. The summed E-state index contributed by atoms with van der Waals surface area (Å²) in [6, 6.07) is 13.9. The lowest BCUT2D eigenvalue weighted by Gasteiger charge is -2.31. The summed E-state index contributed by atoms with van der Waals surface area (Å²) < 4.78 is 40.5. The van der Waals surface area contributed by atoms with E-state index in [0.717, 1.165) is 5.56 Å². The molecule has 146 valence electrons. The molecule has 0 fully saturated rings. The summed E-state index contributed by atoms with van der Waals surface area (Å²) in [7, 11) is 0. The zero-order valence-corrected chi connectivity index (χ0v) is 14.8. The molecule has 1 aliphatic rings. The highest BCUT2D eigenvalue weighted by Crippen LogP contribution is 2.41. The van der Waals surface area contributed by atoms with Crippen LogP contribution in [0.15, 0.2) is 64.8 Å². The fourth-order valence-corrected chi connectivity index (χ4v) is 2.63. The molecule has 0 spiro atoms. The number of aliphatic hydroxyl groups is 1. The van der Waals surface area contributed by atoms with E-state index >= 15 is 0 Å². The number of carbonyl (C=O) groups is 1. The van der Waals surface area contributed by atoms with Gasteiger partial charge in [0.05, 0.1) is 18.3 Å². The van der Waals surface area contributed by atoms with Crippen molar-refractivity contribution in [2.45, 2.75) is 25.2 Å². The molecule has 28 heavy (non-hydrogen) atoms. The number of aryl methyl sites for hydroxylation is 1. The van der Waals surface area contributed by atoms with E-state index in [1.165, 1.54) is 6.21 Å². The smallest absolute Gasteiger partial charge is 0.362 e. The Hall–Kier alpha value is -3.20. The van der Waals surface area contributed by atoms with Gasteiger partial charge in [0.25, 0.3) is 5.72 Å². The number of rotatable bonds is 3. The summed E-state index contributed by atoms with van der Waals surface area (Å²) in [5.74, 6) is 0. The molecule has 1 aliphatic heterocycles. The summed E-state index contributed by atoms with van der Waals surface area (Å²) in [5, 5.41) is 17.6. The summed E-state index contributed by atoms with van der Waals surface area (Å²) >= 11 is 0. The van der Waals surface area contributed by atoms with E-state index in [2.05, 4.69) is 10.2 Å². The predicted molar refractivity (Wildman–Crippen MR) is 97.7 cm³/mol. The second kappa shape index (κ2) is 7.43. The Bertz CT molecular complexity index is 911. The molecule has 1 heterocycles. The normalized spacial score (nSPS) is 19.8. The largest absolute Gasteiger partial charge is 0.438 e. The van der Waals surface area contributed by atoms with Crippen LogP contribution in [0.4, 0.5) is 18.0 Å². The molecule has 1 unspecified atom stereocenters. The maximum absolute atomic E-state index is 13.5. The first-order chi connectivity index (χ1) is 13.2. The van der Waals surface area contributed by atoms with Gasteiger partial charge in [-0.3, -0.25) is 0 Å². The minimum atomic E-state index is -5.11. The van der Waals surface area contributed by atoms with E-state index in [0.29, 0.717) is 11.1 Å². The number of carbonyl (C=O) groups excluding carboxylic acids is 1. The SMILES string of the molecule is Cc1ccc(/C=N/NC(=O)N2N=C(c3ccccc3)CC2(O)C(F)(F)F)cc1. The molecule has 2 aromatic rings. The third kappa shape index (κ3) is 3.89. The van der Waals surface area contributed by atoms with Crippen LogP contribution in [0.3, 0.4) is 0 Å². The van der Waals surface area contributed by atoms with Gasteiger partial charge in [0.1, 0.15) is 0 Å². The number of nitrogens with one attached hydrogen (secondary N) is 1. The highest BCUT2D eigenvalue weighted by Gasteiger charge is 2.63. The first-order valence-electron chi connectivity index (χ1n) is 8.33. The number of hydrogen-bond acceptors (Lipinski definition) is 4. The van der Waals surface area contributed by atoms with Gasteiger partial charge in [-0.15, -0.1) is 0 Å². The van der Waals surface area contributed by atoms with Crippen LogP contribution < -0.4 is 5.43 Å². The van der Waals surface area contributed by atoms with Gasteiger partial charge in [0.15, 0.2) is 0 Å². The number of urea groups is 1. The third-order valence-electron chi connectivity index (χ3n) is 4.19. The fraction of sp³-hybridized carbons (Fsp3) is 0.211. The molecule has 0 aliphatic carbocycles. The molecule has 3 rings (SSSR count). The molecule has 6 nitrogen and oxygen atoms in total. The highest BCUT2D eigenvalue weighted by atomic mass is 19.4. The van der Waals surface area contributed by atoms with E-state index in [-0.39, 0.29) is 10.7 Å².